The van der Waals surface area contributed by atoms with Gasteiger partial charge in [0.05, 0.1) is 30.1 Å². The van der Waals surface area contributed by atoms with Crippen molar-refractivity contribution in [3.8, 4) is 11.8 Å². The molecular weight excluding hydrogens is 454 g/mol. The van der Waals surface area contributed by atoms with Gasteiger partial charge < -0.3 is 14.8 Å². The topological polar surface area (TPSA) is 107 Å². The Hall–Kier alpha value is -2.39. The Bertz CT molecular complexity index is 1100. The van der Waals surface area contributed by atoms with E-state index in [0.29, 0.717) is 23.6 Å². The Balaban J connectivity index is 1.96. The molecule has 2 aromatic rings. The maximum absolute atomic E-state index is 13.4. The molecular formula is C22H28ClN3O5S. The van der Waals surface area contributed by atoms with Gasteiger partial charge in [0.15, 0.2) is 15.7 Å². The predicted octanol–water partition coefficient (Wildman–Crippen LogP) is 4.16. The normalized spacial score (nSPS) is 15.4. The third kappa shape index (κ3) is 5.50. The number of aromatic nitrogens is 2. The number of amides is 1. The quantitative estimate of drug-likeness (QED) is 0.603. The van der Waals surface area contributed by atoms with Crippen LogP contribution in [0, 0.1) is 12.8 Å². The van der Waals surface area contributed by atoms with Crippen molar-refractivity contribution in [1.29, 1.82) is 0 Å². The second-order valence-electron chi connectivity index (χ2n) is 8.07. The first-order valence-electron chi connectivity index (χ1n) is 10.4. The lowest BCUT2D eigenvalue weighted by molar-refractivity contribution is -0.118. The first-order valence-corrected chi connectivity index (χ1v) is 12.7. The van der Waals surface area contributed by atoms with E-state index in [9.17, 15) is 13.2 Å². The number of ether oxygens (including phenoxy) is 2. The van der Waals surface area contributed by atoms with Crippen molar-refractivity contribution in [2.45, 2.75) is 49.8 Å². The molecule has 0 spiro atoms. The van der Waals surface area contributed by atoms with Gasteiger partial charge in [-0.25, -0.2) is 13.4 Å². The highest BCUT2D eigenvalue weighted by atomic mass is 35.5. The maximum atomic E-state index is 13.4. The molecule has 0 saturated heterocycles. The minimum Gasteiger partial charge on any atom is -0.480 e. The van der Waals surface area contributed by atoms with Crippen LogP contribution in [0.5, 0.6) is 11.8 Å². The third-order valence-corrected chi connectivity index (χ3v) is 7.32. The highest BCUT2D eigenvalue weighted by molar-refractivity contribution is 7.90. The Morgan fingerprint density at radius 3 is 2.41 bits per heavy atom. The summed E-state index contributed by atoms with van der Waals surface area (Å²) in [5.74, 6) is 0.201. The molecule has 0 radical (unpaired) electrons. The number of sulfone groups is 1. The number of anilines is 1. The van der Waals surface area contributed by atoms with Gasteiger partial charge in [-0.2, -0.15) is 4.98 Å². The summed E-state index contributed by atoms with van der Waals surface area (Å²) < 4.78 is 34.4. The number of methoxy groups -OCH3 is 2. The molecule has 32 heavy (non-hydrogen) atoms. The highest BCUT2D eigenvalue weighted by Gasteiger charge is 2.29. The number of carbonyl (C=O) groups is 1. The van der Waals surface area contributed by atoms with E-state index in [1.807, 2.05) is 0 Å². The Labute approximate surface area is 193 Å². The van der Waals surface area contributed by atoms with E-state index in [0.717, 1.165) is 31.9 Å². The second-order valence-corrected chi connectivity index (χ2v) is 10.5. The van der Waals surface area contributed by atoms with Crippen molar-refractivity contribution in [2.75, 3.05) is 25.8 Å². The number of nitrogens with zero attached hydrogens (tertiary/aromatic N) is 2. The van der Waals surface area contributed by atoms with Crippen LogP contribution in [0.15, 0.2) is 23.1 Å². The van der Waals surface area contributed by atoms with Crippen LogP contribution in [-0.2, 0) is 14.6 Å². The van der Waals surface area contributed by atoms with Crippen molar-refractivity contribution in [3.63, 3.8) is 0 Å². The van der Waals surface area contributed by atoms with Crippen LogP contribution in [0.1, 0.15) is 49.3 Å². The molecule has 10 heteroatoms. The molecule has 1 heterocycles. The Morgan fingerprint density at radius 2 is 1.84 bits per heavy atom. The molecule has 0 bridgehead atoms. The molecule has 1 saturated carbocycles. The summed E-state index contributed by atoms with van der Waals surface area (Å²) in [6.07, 6.45) is 6.12. The fourth-order valence-corrected chi connectivity index (χ4v) is 5.45. The van der Waals surface area contributed by atoms with E-state index in [-0.39, 0.29) is 33.4 Å². The molecule has 3 rings (SSSR count). The van der Waals surface area contributed by atoms with Gasteiger partial charge in [-0.05, 0) is 37.0 Å². The smallest absolute Gasteiger partial charge is 0.258 e. The van der Waals surface area contributed by atoms with Crippen LogP contribution in [-0.4, -0.2) is 44.8 Å². The van der Waals surface area contributed by atoms with Gasteiger partial charge in [-0.15, -0.1) is 0 Å². The minimum atomic E-state index is -3.47. The fraction of sp³-hybridized carbons (Fsp3) is 0.500. The van der Waals surface area contributed by atoms with Gasteiger partial charge in [-0.1, -0.05) is 43.4 Å². The average Bonchev–Trinajstić information content (AvgIpc) is 3.25. The monoisotopic (exact) mass is 481 g/mol. The SMILES string of the molecule is COc1nc(NC(=O)C(CC2CCCC2)c2ccc(S(C)(=O)=O)c(Cl)c2)c(OC)nc1C. The molecule has 1 atom stereocenters. The number of benzene rings is 1. The Morgan fingerprint density at radius 1 is 1.19 bits per heavy atom. The summed E-state index contributed by atoms with van der Waals surface area (Å²) in [5, 5.41) is 2.92. The number of rotatable bonds is 8. The van der Waals surface area contributed by atoms with Gasteiger partial charge in [0.1, 0.15) is 5.69 Å². The van der Waals surface area contributed by atoms with Crippen LogP contribution < -0.4 is 14.8 Å². The largest absolute Gasteiger partial charge is 0.480 e. The molecule has 8 nitrogen and oxygen atoms in total. The molecule has 1 amide bonds. The average molecular weight is 482 g/mol. The molecule has 1 N–H and O–H groups in total. The molecule has 174 valence electrons. The van der Waals surface area contributed by atoms with Gasteiger partial charge in [-0.3, -0.25) is 4.79 Å². The zero-order valence-electron chi connectivity index (χ0n) is 18.6. The molecule has 0 aliphatic heterocycles. The van der Waals surface area contributed by atoms with E-state index in [1.165, 1.54) is 20.3 Å². The molecule has 1 aliphatic carbocycles. The summed E-state index contributed by atoms with van der Waals surface area (Å²) in [5.41, 5.74) is 1.19. The fourth-order valence-electron chi connectivity index (χ4n) is 4.11. The van der Waals surface area contributed by atoms with Crippen molar-refractivity contribution in [2.24, 2.45) is 5.92 Å². The van der Waals surface area contributed by atoms with Gasteiger partial charge >= 0.3 is 0 Å². The van der Waals surface area contributed by atoms with Gasteiger partial charge in [0.25, 0.3) is 5.88 Å². The summed E-state index contributed by atoms with van der Waals surface area (Å²) in [6.45, 7) is 1.73. The van der Waals surface area contributed by atoms with Crippen LogP contribution in [0.4, 0.5) is 5.82 Å². The first kappa shape index (κ1) is 24.3. The number of nitrogens with one attached hydrogen (secondary N) is 1. The maximum Gasteiger partial charge on any atom is 0.258 e. The molecule has 1 unspecified atom stereocenters. The lowest BCUT2D eigenvalue weighted by Crippen LogP contribution is -2.24. The van der Waals surface area contributed by atoms with Gasteiger partial charge in [0.2, 0.25) is 11.8 Å². The van der Waals surface area contributed by atoms with Crippen molar-refractivity contribution < 1.29 is 22.7 Å². The Kier molecular flexibility index (Phi) is 7.61. The van der Waals surface area contributed by atoms with Crippen molar-refractivity contribution in [1.82, 2.24) is 9.97 Å². The highest BCUT2D eigenvalue weighted by Crippen LogP contribution is 2.37. The van der Waals surface area contributed by atoms with E-state index < -0.39 is 15.8 Å². The first-order chi connectivity index (χ1) is 15.1. The van der Waals surface area contributed by atoms with E-state index in [2.05, 4.69) is 15.3 Å². The zero-order chi connectivity index (χ0) is 23.5. The van der Waals surface area contributed by atoms with Crippen LogP contribution >= 0.6 is 11.6 Å². The molecule has 1 aromatic carbocycles. The van der Waals surface area contributed by atoms with Crippen LogP contribution in [0.3, 0.4) is 0 Å². The number of aryl methyl sites for hydroxylation is 1. The van der Waals surface area contributed by atoms with E-state index in [1.54, 1.807) is 19.1 Å². The minimum absolute atomic E-state index is 0.0405. The van der Waals surface area contributed by atoms with E-state index >= 15 is 0 Å². The second kappa shape index (κ2) is 10.0. The lowest BCUT2D eigenvalue weighted by Gasteiger charge is -2.21. The van der Waals surface area contributed by atoms with E-state index in [4.69, 9.17) is 21.1 Å². The number of hydrogen-bond acceptors (Lipinski definition) is 7. The summed E-state index contributed by atoms with van der Waals surface area (Å²) in [6, 6.07) is 4.67. The molecule has 1 aromatic heterocycles. The molecule has 1 aliphatic rings. The van der Waals surface area contributed by atoms with Gasteiger partial charge in [0, 0.05) is 6.26 Å². The summed E-state index contributed by atoms with van der Waals surface area (Å²) in [7, 11) is -0.544. The number of halogens is 1. The summed E-state index contributed by atoms with van der Waals surface area (Å²) in [4.78, 5) is 22.1. The van der Waals surface area contributed by atoms with Crippen molar-refractivity contribution in [3.05, 3.63) is 34.5 Å². The zero-order valence-corrected chi connectivity index (χ0v) is 20.2. The summed E-state index contributed by atoms with van der Waals surface area (Å²) >= 11 is 6.27. The van der Waals surface area contributed by atoms with Crippen molar-refractivity contribution >= 4 is 33.2 Å². The third-order valence-electron chi connectivity index (χ3n) is 5.74. The number of carbonyl (C=O) groups excluding carboxylic acids is 1. The molecule has 1 fully saturated rings. The lowest BCUT2D eigenvalue weighted by atomic mass is 9.87. The standard InChI is InChI=1S/C22H28ClN3O5S/c1-13-21(30-2)26-19(22(24-13)31-3)25-20(27)16(11-14-7-5-6-8-14)15-9-10-18(17(23)12-15)32(4,28)29/h9-10,12,14,16H,5-8,11H2,1-4H3,(H,25,26,27). The van der Waals surface area contributed by atoms with Crippen LogP contribution in [0.2, 0.25) is 5.02 Å². The predicted molar refractivity (Wildman–Crippen MR) is 122 cm³/mol. The number of hydrogen-bond donors (Lipinski definition) is 1. The van der Waals surface area contributed by atoms with Crippen LogP contribution in [0.25, 0.3) is 0 Å².